The van der Waals surface area contributed by atoms with Gasteiger partial charge >= 0.3 is 0 Å². The van der Waals surface area contributed by atoms with Crippen molar-refractivity contribution in [2.75, 3.05) is 12.3 Å². The lowest BCUT2D eigenvalue weighted by atomic mass is 10.1. The number of aryl methyl sites for hydroxylation is 1. The van der Waals surface area contributed by atoms with Crippen LogP contribution in [0.1, 0.15) is 17.7 Å². The quantitative estimate of drug-likeness (QED) is 0.730. The third kappa shape index (κ3) is 3.31. The number of aromatic nitrogens is 1. The molecule has 0 aliphatic carbocycles. The van der Waals surface area contributed by atoms with E-state index in [9.17, 15) is 4.79 Å². The number of anilines is 1. The van der Waals surface area contributed by atoms with Gasteiger partial charge in [-0.25, -0.2) is 4.98 Å². The van der Waals surface area contributed by atoms with Crippen LogP contribution < -0.4 is 16.4 Å². The number of nitrogens with zero attached hydrogens (tertiary/aromatic N) is 1. The highest BCUT2D eigenvalue weighted by Crippen LogP contribution is 2.08. The number of hydrogen-bond acceptors (Lipinski definition) is 4. The number of rotatable bonds is 3. The van der Waals surface area contributed by atoms with Crippen LogP contribution in [0.3, 0.4) is 0 Å². The predicted molar refractivity (Wildman–Crippen MR) is 68.9 cm³/mol. The highest BCUT2D eigenvalue weighted by Gasteiger charge is 2.23. The van der Waals surface area contributed by atoms with Gasteiger partial charge in [-0.05, 0) is 31.5 Å². The first-order valence-corrected chi connectivity index (χ1v) is 5.40. The number of halogens is 1. The van der Waals surface area contributed by atoms with Crippen LogP contribution in [-0.4, -0.2) is 23.5 Å². The molecule has 2 rings (SSSR count). The van der Waals surface area contributed by atoms with Crippen LogP contribution in [0.4, 0.5) is 5.82 Å². The second-order valence-electron chi connectivity index (χ2n) is 3.99. The number of nitrogen functional groups attached to an aromatic ring is 1. The van der Waals surface area contributed by atoms with Gasteiger partial charge < -0.3 is 16.4 Å². The van der Waals surface area contributed by atoms with Crippen LogP contribution in [0.5, 0.6) is 0 Å². The molecule has 17 heavy (non-hydrogen) atoms. The highest BCUT2D eigenvalue weighted by atomic mass is 35.5. The van der Waals surface area contributed by atoms with Crippen molar-refractivity contribution in [2.45, 2.75) is 25.9 Å². The second-order valence-corrected chi connectivity index (χ2v) is 3.99. The van der Waals surface area contributed by atoms with E-state index in [4.69, 9.17) is 5.73 Å². The Balaban J connectivity index is 0.00000144. The molecule has 0 bridgehead atoms. The fourth-order valence-corrected chi connectivity index (χ4v) is 1.61. The molecule has 1 amide bonds. The topological polar surface area (TPSA) is 80.0 Å². The number of amides is 1. The van der Waals surface area contributed by atoms with E-state index >= 15 is 0 Å². The summed E-state index contributed by atoms with van der Waals surface area (Å²) >= 11 is 0. The Kier molecular flexibility index (Phi) is 4.72. The largest absolute Gasteiger partial charge is 0.384 e. The van der Waals surface area contributed by atoms with Gasteiger partial charge in [-0.2, -0.15) is 0 Å². The van der Waals surface area contributed by atoms with E-state index in [2.05, 4.69) is 15.6 Å². The minimum atomic E-state index is -0.0120. The molecule has 94 valence electrons. The van der Waals surface area contributed by atoms with Crippen LogP contribution in [0.2, 0.25) is 0 Å². The van der Waals surface area contributed by atoms with Gasteiger partial charge in [0.25, 0.3) is 0 Å². The fourth-order valence-electron chi connectivity index (χ4n) is 1.61. The van der Waals surface area contributed by atoms with Crippen LogP contribution in [0, 0.1) is 6.92 Å². The van der Waals surface area contributed by atoms with Gasteiger partial charge in [-0.15, -0.1) is 12.4 Å². The average Bonchev–Trinajstić information content (AvgIpc) is 2.13. The van der Waals surface area contributed by atoms with Gasteiger partial charge in [0.05, 0.1) is 6.04 Å². The zero-order chi connectivity index (χ0) is 11.5. The van der Waals surface area contributed by atoms with E-state index in [1.165, 1.54) is 0 Å². The summed E-state index contributed by atoms with van der Waals surface area (Å²) in [5.74, 6) is 0.565. The molecule has 1 fully saturated rings. The van der Waals surface area contributed by atoms with Crippen molar-refractivity contribution in [3.8, 4) is 0 Å². The molecule has 5 nitrogen and oxygen atoms in total. The normalized spacial score (nSPS) is 17.8. The van der Waals surface area contributed by atoms with Crippen molar-refractivity contribution in [1.82, 2.24) is 15.6 Å². The van der Waals surface area contributed by atoms with Crippen LogP contribution in [0.15, 0.2) is 12.1 Å². The maximum Gasteiger partial charge on any atom is 0.237 e. The first-order chi connectivity index (χ1) is 7.66. The van der Waals surface area contributed by atoms with Gasteiger partial charge in [-0.1, -0.05) is 6.07 Å². The highest BCUT2D eigenvalue weighted by molar-refractivity contribution is 5.85. The molecule has 0 radical (unpaired) electrons. The zero-order valence-corrected chi connectivity index (χ0v) is 10.5. The molecule has 1 aromatic rings. The summed E-state index contributed by atoms with van der Waals surface area (Å²) in [5, 5.41) is 5.94. The zero-order valence-electron chi connectivity index (χ0n) is 9.69. The summed E-state index contributed by atoms with van der Waals surface area (Å²) in [7, 11) is 0. The molecule has 1 saturated heterocycles. The Morgan fingerprint density at radius 2 is 2.35 bits per heavy atom. The summed E-state index contributed by atoms with van der Waals surface area (Å²) in [4.78, 5) is 15.7. The molecule has 1 aliphatic rings. The molecule has 1 atom stereocenters. The van der Waals surface area contributed by atoms with Gasteiger partial charge in [-0.3, -0.25) is 4.79 Å². The molecule has 1 aromatic heterocycles. The fraction of sp³-hybridized carbons (Fsp3) is 0.455. The average molecular weight is 257 g/mol. The predicted octanol–water partition coefficient (Wildman–Crippen LogP) is 0.372. The summed E-state index contributed by atoms with van der Waals surface area (Å²) in [6.07, 6.45) is 0.921. The molecule has 6 heteroatoms. The molecule has 0 spiro atoms. The van der Waals surface area contributed by atoms with E-state index < -0.39 is 0 Å². The Labute approximate surface area is 107 Å². The smallest absolute Gasteiger partial charge is 0.237 e. The Morgan fingerprint density at radius 3 is 2.88 bits per heavy atom. The van der Waals surface area contributed by atoms with Crippen molar-refractivity contribution in [3.63, 3.8) is 0 Å². The first-order valence-electron chi connectivity index (χ1n) is 5.40. The maximum absolute atomic E-state index is 11.6. The van der Waals surface area contributed by atoms with Gasteiger partial charge in [0, 0.05) is 12.2 Å². The molecule has 0 saturated carbocycles. The minimum Gasteiger partial charge on any atom is -0.384 e. The van der Waals surface area contributed by atoms with Crippen molar-refractivity contribution in [2.24, 2.45) is 0 Å². The Hall–Kier alpha value is -1.33. The van der Waals surface area contributed by atoms with Crippen LogP contribution >= 0.6 is 12.4 Å². The summed E-state index contributed by atoms with van der Waals surface area (Å²) in [5.41, 5.74) is 7.42. The number of nitrogens with two attached hydrogens (primary N) is 1. The van der Waals surface area contributed by atoms with Crippen molar-refractivity contribution in [3.05, 3.63) is 23.4 Å². The monoisotopic (exact) mass is 256 g/mol. The lowest BCUT2D eigenvalue weighted by Crippen LogP contribution is -2.53. The van der Waals surface area contributed by atoms with E-state index in [1.54, 1.807) is 6.07 Å². The first kappa shape index (κ1) is 13.7. The van der Waals surface area contributed by atoms with Gasteiger partial charge in [0.2, 0.25) is 5.91 Å². The SMILES string of the molecule is Cc1nc(N)ccc1CNC(=O)[C@@H]1CCN1.Cl. The third-order valence-corrected chi connectivity index (χ3v) is 2.81. The molecule has 4 N–H and O–H groups in total. The van der Waals surface area contributed by atoms with Gasteiger partial charge in [0.15, 0.2) is 0 Å². The van der Waals surface area contributed by atoms with E-state index in [-0.39, 0.29) is 24.4 Å². The second kappa shape index (κ2) is 5.84. The van der Waals surface area contributed by atoms with Crippen molar-refractivity contribution >= 4 is 24.1 Å². The lowest BCUT2D eigenvalue weighted by Gasteiger charge is -2.26. The number of nitrogens with one attached hydrogen (secondary N) is 2. The van der Waals surface area contributed by atoms with E-state index in [0.717, 1.165) is 24.2 Å². The number of hydrogen-bond donors (Lipinski definition) is 3. The summed E-state index contributed by atoms with van der Waals surface area (Å²) in [6.45, 7) is 3.33. The number of carbonyl (C=O) groups is 1. The standard InChI is InChI=1S/C11H16N4O.ClH/c1-7-8(2-3-10(12)15-7)6-14-11(16)9-4-5-13-9;/h2-3,9,13H,4-6H2,1H3,(H2,12,15)(H,14,16);1H/t9-;/m0./s1. The third-order valence-electron chi connectivity index (χ3n) is 2.81. The molecule has 0 unspecified atom stereocenters. The number of pyridine rings is 1. The van der Waals surface area contributed by atoms with E-state index in [0.29, 0.717) is 12.4 Å². The van der Waals surface area contributed by atoms with Crippen LogP contribution in [-0.2, 0) is 11.3 Å². The molecular weight excluding hydrogens is 240 g/mol. The van der Waals surface area contributed by atoms with E-state index in [1.807, 2.05) is 13.0 Å². The minimum absolute atomic E-state index is 0. The molecule has 1 aliphatic heterocycles. The van der Waals surface area contributed by atoms with Crippen LogP contribution in [0.25, 0.3) is 0 Å². The maximum atomic E-state index is 11.6. The summed E-state index contributed by atoms with van der Waals surface area (Å²) in [6, 6.07) is 3.63. The Bertz CT molecular complexity index is 406. The number of carbonyl (C=O) groups excluding carboxylic acids is 1. The van der Waals surface area contributed by atoms with Crippen molar-refractivity contribution in [1.29, 1.82) is 0 Å². The molecular formula is C11H17ClN4O. The van der Waals surface area contributed by atoms with Crippen molar-refractivity contribution < 1.29 is 4.79 Å². The Morgan fingerprint density at radius 1 is 1.65 bits per heavy atom. The molecule has 0 aromatic carbocycles. The summed E-state index contributed by atoms with van der Waals surface area (Å²) < 4.78 is 0. The lowest BCUT2D eigenvalue weighted by molar-refractivity contribution is -0.124. The van der Waals surface area contributed by atoms with Gasteiger partial charge in [0.1, 0.15) is 5.82 Å². The molecule has 2 heterocycles.